The van der Waals surface area contributed by atoms with Crippen LogP contribution in [0, 0.1) is 0 Å². The Bertz CT molecular complexity index is 446. The van der Waals surface area contributed by atoms with E-state index in [2.05, 4.69) is 10.2 Å². The maximum atomic E-state index is 13.4. The van der Waals surface area contributed by atoms with E-state index >= 15 is 0 Å². The van der Waals surface area contributed by atoms with E-state index in [4.69, 9.17) is 0 Å². The van der Waals surface area contributed by atoms with Crippen LogP contribution in [-0.4, -0.2) is 50.1 Å². The molecule has 2 atom stereocenters. The van der Waals surface area contributed by atoms with Crippen molar-refractivity contribution in [3.63, 3.8) is 0 Å². The molecule has 1 aromatic rings. The molecule has 3 rings (SSSR count). The van der Waals surface area contributed by atoms with Gasteiger partial charge < -0.3 is 9.67 Å². The minimum absolute atomic E-state index is 0.00769. The molecule has 2 heterocycles. The summed E-state index contributed by atoms with van der Waals surface area (Å²) >= 11 is 0. The molecule has 1 saturated carbocycles. The number of hydrogen-bond donors (Lipinski definition) is 1. The van der Waals surface area contributed by atoms with E-state index in [9.17, 15) is 9.50 Å². The largest absolute Gasteiger partial charge is 0.395 e. The molecule has 1 N–H and O–H groups in total. The van der Waals surface area contributed by atoms with E-state index in [1.54, 1.807) is 0 Å². The van der Waals surface area contributed by atoms with Crippen LogP contribution in [0.2, 0.25) is 0 Å². The summed E-state index contributed by atoms with van der Waals surface area (Å²) in [4.78, 5) is 1.97. The van der Waals surface area contributed by atoms with Crippen LogP contribution in [0.1, 0.15) is 43.3 Å². The van der Waals surface area contributed by atoms with Gasteiger partial charge in [0.2, 0.25) is 0 Å². The fourth-order valence-electron chi connectivity index (χ4n) is 3.02. The van der Waals surface area contributed by atoms with Gasteiger partial charge in [0.1, 0.15) is 17.8 Å². The Kier molecular flexibility index (Phi) is 3.54. The molecule has 0 aromatic carbocycles. The molecule has 5 nitrogen and oxygen atoms in total. The first kappa shape index (κ1) is 13.0. The summed E-state index contributed by atoms with van der Waals surface area (Å²) in [7, 11) is 1.99. The number of rotatable bonds is 4. The van der Waals surface area contributed by atoms with E-state index in [-0.39, 0.29) is 12.6 Å². The van der Waals surface area contributed by atoms with Crippen LogP contribution >= 0.6 is 0 Å². The van der Waals surface area contributed by atoms with Gasteiger partial charge in [0.25, 0.3) is 0 Å². The van der Waals surface area contributed by atoms with Crippen molar-refractivity contribution >= 4 is 0 Å². The topological polar surface area (TPSA) is 54.2 Å². The summed E-state index contributed by atoms with van der Waals surface area (Å²) in [5, 5.41) is 17.8. The number of nitrogens with zero attached hydrogens (tertiary/aromatic N) is 4. The number of aliphatic hydroxyl groups is 1. The second-order valence-corrected chi connectivity index (χ2v) is 5.76. The maximum Gasteiger partial charge on any atom is 0.146 e. The van der Waals surface area contributed by atoms with Crippen molar-refractivity contribution < 1.29 is 9.50 Å². The lowest BCUT2D eigenvalue weighted by atomic mass is 9.85. The zero-order valence-corrected chi connectivity index (χ0v) is 11.3. The van der Waals surface area contributed by atoms with E-state index in [0.29, 0.717) is 25.4 Å². The van der Waals surface area contributed by atoms with Gasteiger partial charge in [-0.15, -0.1) is 10.2 Å². The van der Waals surface area contributed by atoms with Crippen molar-refractivity contribution in [2.75, 3.05) is 13.2 Å². The minimum atomic E-state index is -0.837. The molecular formula is C13H21FN4O. The van der Waals surface area contributed by atoms with Crippen molar-refractivity contribution in [3.8, 4) is 0 Å². The standard InChI is InChI=1S/C13H21FN4O/c1-17-12(15-16-13(17)9-3-2-4-9)7-18-6-10(14)5-11(18)8-19/h9-11,19H,2-8H2,1H3/t10-,11-/m0/s1. The number of hydrogen-bond acceptors (Lipinski definition) is 4. The molecule has 0 amide bonds. The second-order valence-electron chi connectivity index (χ2n) is 5.76. The van der Waals surface area contributed by atoms with Gasteiger partial charge in [-0.2, -0.15) is 0 Å². The summed E-state index contributed by atoms with van der Waals surface area (Å²) in [5.74, 6) is 2.47. The molecule has 1 aliphatic heterocycles. The van der Waals surface area contributed by atoms with Crippen LogP contribution in [0.4, 0.5) is 4.39 Å². The third-order valence-corrected chi connectivity index (χ3v) is 4.50. The third-order valence-electron chi connectivity index (χ3n) is 4.50. The molecule has 19 heavy (non-hydrogen) atoms. The first-order valence-corrected chi connectivity index (χ1v) is 7.06. The first-order valence-electron chi connectivity index (χ1n) is 7.06. The third kappa shape index (κ3) is 2.39. The van der Waals surface area contributed by atoms with Crippen molar-refractivity contribution in [1.29, 1.82) is 0 Å². The molecule has 0 radical (unpaired) electrons. The summed E-state index contributed by atoms with van der Waals surface area (Å²) < 4.78 is 15.5. The number of alkyl halides is 1. The van der Waals surface area contributed by atoms with E-state index in [0.717, 1.165) is 11.6 Å². The number of likely N-dealkylation sites (tertiary alicyclic amines) is 1. The molecule has 2 aliphatic rings. The molecular weight excluding hydrogens is 247 g/mol. The monoisotopic (exact) mass is 268 g/mol. The molecule has 0 bridgehead atoms. The Morgan fingerprint density at radius 3 is 2.79 bits per heavy atom. The normalized spacial score (nSPS) is 28.8. The average molecular weight is 268 g/mol. The lowest BCUT2D eigenvalue weighted by molar-refractivity contribution is 0.149. The van der Waals surface area contributed by atoms with Gasteiger partial charge in [-0.1, -0.05) is 6.42 Å². The number of aromatic nitrogens is 3. The van der Waals surface area contributed by atoms with Crippen LogP contribution in [-0.2, 0) is 13.6 Å². The van der Waals surface area contributed by atoms with Gasteiger partial charge in [0.05, 0.1) is 13.2 Å². The van der Waals surface area contributed by atoms with Gasteiger partial charge >= 0.3 is 0 Å². The van der Waals surface area contributed by atoms with Crippen molar-refractivity contribution in [1.82, 2.24) is 19.7 Å². The van der Waals surface area contributed by atoms with Gasteiger partial charge in [-0.05, 0) is 19.3 Å². The quantitative estimate of drug-likeness (QED) is 0.884. The molecule has 0 spiro atoms. The van der Waals surface area contributed by atoms with Gasteiger partial charge in [-0.3, -0.25) is 4.90 Å². The van der Waals surface area contributed by atoms with Crippen LogP contribution < -0.4 is 0 Å². The zero-order valence-electron chi connectivity index (χ0n) is 11.3. The van der Waals surface area contributed by atoms with Gasteiger partial charge in [0.15, 0.2) is 0 Å². The summed E-state index contributed by atoms with van der Waals surface area (Å²) in [6.45, 7) is 0.965. The van der Waals surface area contributed by atoms with Crippen LogP contribution in [0.25, 0.3) is 0 Å². The highest BCUT2D eigenvalue weighted by atomic mass is 19.1. The van der Waals surface area contributed by atoms with Crippen LogP contribution in [0.15, 0.2) is 0 Å². The number of aliphatic hydroxyl groups excluding tert-OH is 1. The molecule has 2 fully saturated rings. The van der Waals surface area contributed by atoms with Gasteiger partial charge in [-0.25, -0.2) is 4.39 Å². The summed E-state index contributed by atoms with van der Waals surface area (Å²) in [6, 6.07) is -0.0844. The Hall–Kier alpha value is -1.01. The molecule has 0 unspecified atom stereocenters. The highest BCUT2D eigenvalue weighted by Crippen LogP contribution is 2.35. The van der Waals surface area contributed by atoms with E-state index in [1.165, 1.54) is 19.3 Å². The van der Waals surface area contributed by atoms with Gasteiger partial charge in [0, 0.05) is 25.6 Å². The fourth-order valence-corrected chi connectivity index (χ4v) is 3.02. The summed E-state index contributed by atoms with van der Waals surface area (Å²) in [6.07, 6.45) is 3.25. The highest BCUT2D eigenvalue weighted by molar-refractivity contribution is 5.05. The second kappa shape index (κ2) is 5.17. The minimum Gasteiger partial charge on any atom is -0.395 e. The Morgan fingerprint density at radius 1 is 1.37 bits per heavy atom. The molecule has 106 valence electrons. The van der Waals surface area contributed by atoms with Crippen molar-refractivity contribution in [2.45, 2.75) is 50.4 Å². The molecule has 1 aromatic heterocycles. The lowest BCUT2D eigenvalue weighted by Gasteiger charge is -2.25. The lowest BCUT2D eigenvalue weighted by Crippen LogP contribution is -2.32. The molecule has 1 saturated heterocycles. The predicted molar refractivity (Wildman–Crippen MR) is 68.4 cm³/mol. The maximum absolute atomic E-state index is 13.4. The first-order chi connectivity index (χ1) is 9.19. The van der Waals surface area contributed by atoms with Crippen molar-refractivity contribution in [2.24, 2.45) is 7.05 Å². The summed E-state index contributed by atoms with van der Waals surface area (Å²) in [5.41, 5.74) is 0. The Balaban J connectivity index is 1.71. The predicted octanol–water partition coefficient (Wildman–Crippen LogP) is 0.987. The van der Waals surface area contributed by atoms with Crippen LogP contribution in [0.5, 0.6) is 0 Å². The zero-order chi connectivity index (χ0) is 13.4. The highest BCUT2D eigenvalue weighted by Gasteiger charge is 2.33. The van der Waals surface area contributed by atoms with Crippen molar-refractivity contribution in [3.05, 3.63) is 11.6 Å². The Morgan fingerprint density at radius 2 is 2.16 bits per heavy atom. The SMILES string of the molecule is Cn1c(CN2C[C@@H](F)C[C@H]2CO)nnc1C1CCC1. The average Bonchev–Trinajstić information content (AvgIpc) is 2.84. The Labute approximate surface area is 112 Å². The fraction of sp³-hybridized carbons (Fsp3) is 0.846. The van der Waals surface area contributed by atoms with E-state index < -0.39 is 6.17 Å². The van der Waals surface area contributed by atoms with Crippen LogP contribution in [0.3, 0.4) is 0 Å². The molecule has 1 aliphatic carbocycles. The molecule has 6 heteroatoms. The number of halogens is 1. The smallest absolute Gasteiger partial charge is 0.146 e. The van der Waals surface area contributed by atoms with E-state index in [1.807, 2.05) is 16.5 Å².